The maximum absolute atomic E-state index is 12.6. The van der Waals surface area contributed by atoms with Crippen LogP contribution in [0.2, 0.25) is 0 Å². The van der Waals surface area contributed by atoms with E-state index in [0.29, 0.717) is 11.5 Å². The average molecular weight is 397 g/mol. The predicted molar refractivity (Wildman–Crippen MR) is 117 cm³/mol. The van der Waals surface area contributed by atoms with E-state index in [9.17, 15) is 4.79 Å². The van der Waals surface area contributed by atoms with Crippen LogP contribution in [0.25, 0.3) is 0 Å². The van der Waals surface area contributed by atoms with E-state index in [0.717, 1.165) is 24.6 Å². The van der Waals surface area contributed by atoms with Gasteiger partial charge < -0.3 is 19.7 Å². The van der Waals surface area contributed by atoms with E-state index in [4.69, 9.17) is 9.47 Å². The summed E-state index contributed by atoms with van der Waals surface area (Å²) in [6.45, 7) is 8.30. The Morgan fingerprint density at radius 2 is 1.72 bits per heavy atom. The molecule has 1 amide bonds. The Hall–Kier alpha value is -2.69. The van der Waals surface area contributed by atoms with Gasteiger partial charge in [0.2, 0.25) is 0 Å². The minimum Gasteiger partial charge on any atom is -0.497 e. The second-order valence-electron chi connectivity index (χ2n) is 7.93. The van der Waals surface area contributed by atoms with Crippen molar-refractivity contribution in [2.45, 2.75) is 45.8 Å². The summed E-state index contributed by atoms with van der Waals surface area (Å²) in [5, 5.41) is 3.04. The second-order valence-corrected chi connectivity index (χ2v) is 7.93. The molecule has 156 valence electrons. The number of rotatable bonds is 7. The number of methoxy groups -OCH3 is 1. The van der Waals surface area contributed by atoms with E-state index in [1.165, 1.54) is 18.5 Å². The minimum atomic E-state index is -0.598. The topological polar surface area (TPSA) is 50.8 Å². The van der Waals surface area contributed by atoms with Crippen LogP contribution in [0.1, 0.15) is 45.2 Å². The normalized spacial score (nSPS) is 16.8. The highest BCUT2D eigenvalue weighted by molar-refractivity contribution is 5.81. The fourth-order valence-electron chi connectivity index (χ4n) is 3.59. The molecule has 0 aromatic heterocycles. The van der Waals surface area contributed by atoms with Crippen LogP contribution >= 0.6 is 0 Å². The Balaban J connectivity index is 1.54. The van der Waals surface area contributed by atoms with E-state index in [-0.39, 0.29) is 11.9 Å². The van der Waals surface area contributed by atoms with Gasteiger partial charge in [0.15, 0.2) is 6.10 Å². The molecule has 0 bridgehead atoms. The lowest BCUT2D eigenvalue weighted by atomic mass is 9.98. The quantitative estimate of drug-likeness (QED) is 0.744. The number of nitrogens with zero attached hydrogens (tertiary/aromatic N) is 1. The Morgan fingerprint density at radius 1 is 1.07 bits per heavy atom. The maximum Gasteiger partial charge on any atom is 0.261 e. The molecule has 1 aliphatic rings. The first-order valence-corrected chi connectivity index (χ1v) is 10.4. The molecule has 1 fully saturated rings. The maximum atomic E-state index is 12.6. The van der Waals surface area contributed by atoms with Crippen LogP contribution in [0.4, 0.5) is 5.69 Å². The lowest BCUT2D eigenvalue weighted by Crippen LogP contribution is -2.37. The first-order chi connectivity index (χ1) is 14.0. The van der Waals surface area contributed by atoms with Crippen LogP contribution in [-0.4, -0.2) is 32.2 Å². The van der Waals surface area contributed by atoms with Crippen LogP contribution < -0.4 is 19.7 Å². The zero-order valence-electron chi connectivity index (χ0n) is 17.9. The molecule has 29 heavy (non-hydrogen) atoms. The molecular formula is C24H32N2O3. The molecule has 2 aromatic carbocycles. The van der Waals surface area contributed by atoms with Gasteiger partial charge in [-0.1, -0.05) is 25.1 Å². The number of piperidine rings is 1. The second kappa shape index (κ2) is 9.68. The lowest BCUT2D eigenvalue weighted by Gasteiger charge is -2.32. The van der Waals surface area contributed by atoms with Crippen molar-refractivity contribution >= 4 is 11.6 Å². The molecule has 1 heterocycles. The molecule has 1 N–H and O–H groups in total. The molecule has 0 radical (unpaired) electrons. The molecule has 2 atom stereocenters. The van der Waals surface area contributed by atoms with Crippen LogP contribution in [0.15, 0.2) is 48.5 Å². The number of carbonyl (C=O) groups excluding carboxylic acids is 1. The van der Waals surface area contributed by atoms with Gasteiger partial charge >= 0.3 is 0 Å². The fourth-order valence-corrected chi connectivity index (χ4v) is 3.59. The van der Waals surface area contributed by atoms with E-state index >= 15 is 0 Å². The minimum absolute atomic E-state index is 0.0886. The molecule has 3 rings (SSSR count). The summed E-state index contributed by atoms with van der Waals surface area (Å²) in [5.74, 6) is 1.99. The lowest BCUT2D eigenvalue weighted by molar-refractivity contribution is -0.127. The summed E-state index contributed by atoms with van der Waals surface area (Å²) in [6, 6.07) is 15.7. The number of anilines is 1. The highest BCUT2D eigenvalue weighted by Gasteiger charge is 2.19. The van der Waals surface area contributed by atoms with Crippen molar-refractivity contribution < 1.29 is 14.3 Å². The van der Waals surface area contributed by atoms with Crippen LogP contribution in [-0.2, 0) is 4.79 Å². The third kappa shape index (κ3) is 5.66. The molecule has 5 nitrogen and oxygen atoms in total. The Kier molecular flexibility index (Phi) is 7.02. The van der Waals surface area contributed by atoms with Crippen molar-refractivity contribution in [2.24, 2.45) is 5.92 Å². The largest absolute Gasteiger partial charge is 0.497 e. The summed E-state index contributed by atoms with van der Waals surface area (Å²) in [7, 11) is 1.61. The van der Waals surface area contributed by atoms with Gasteiger partial charge in [0, 0.05) is 24.8 Å². The zero-order chi connectivity index (χ0) is 20.8. The third-order valence-electron chi connectivity index (χ3n) is 5.62. The number of carbonyl (C=O) groups is 1. The SMILES string of the molecule is COc1cccc(OC(C)C(=O)NC(C)c2ccc(N3CCC(C)CC3)cc2)c1. The third-order valence-corrected chi connectivity index (χ3v) is 5.62. The molecule has 1 aliphatic heterocycles. The Bertz CT molecular complexity index is 798. The smallest absolute Gasteiger partial charge is 0.261 e. The number of benzene rings is 2. The van der Waals surface area contributed by atoms with Gasteiger partial charge in [0.25, 0.3) is 5.91 Å². The molecule has 0 spiro atoms. The van der Waals surface area contributed by atoms with Crippen molar-refractivity contribution in [3.63, 3.8) is 0 Å². The summed E-state index contributed by atoms with van der Waals surface area (Å²) in [5.41, 5.74) is 2.34. The average Bonchev–Trinajstić information content (AvgIpc) is 2.74. The first kappa shape index (κ1) is 21.0. The molecule has 0 aliphatic carbocycles. The van der Waals surface area contributed by atoms with Gasteiger partial charge in [-0.15, -0.1) is 0 Å². The van der Waals surface area contributed by atoms with E-state index < -0.39 is 6.10 Å². The Morgan fingerprint density at radius 3 is 2.38 bits per heavy atom. The van der Waals surface area contributed by atoms with Crippen molar-refractivity contribution in [3.05, 3.63) is 54.1 Å². The molecule has 1 saturated heterocycles. The number of amides is 1. The van der Waals surface area contributed by atoms with Crippen molar-refractivity contribution in [1.29, 1.82) is 0 Å². The van der Waals surface area contributed by atoms with Crippen LogP contribution in [0, 0.1) is 5.92 Å². The van der Waals surface area contributed by atoms with E-state index in [1.54, 1.807) is 20.1 Å². The summed E-state index contributed by atoms with van der Waals surface area (Å²) >= 11 is 0. The van der Waals surface area contributed by atoms with Gasteiger partial charge in [0.05, 0.1) is 13.2 Å². The predicted octanol–water partition coefficient (Wildman–Crippen LogP) is 4.58. The summed E-state index contributed by atoms with van der Waals surface area (Å²) in [6.07, 6.45) is 1.90. The van der Waals surface area contributed by atoms with Gasteiger partial charge in [-0.05, 0) is 62.4 Å². The standard InChI is InChI=1S/C24H32N2O3/c1-17-12-14-26(15-13-17)21-10-8-20(9-11-21)18(2)25-24(27)19(3)29-23-7-5-6-22(16-23)28-4/h5-11,16-19H,12-15H2,1-4H3,(H,25,27). The van der Waals surface area contributed by atoms with E-state index in [1.807, 2.05) is 25.1 Å². The van der Waals surface area contributed by atoms with Crippen molar-refractivity contribution in [1.82, 2.24) is 5.32 Å². The van der Waals surface area contributed by atoms with Crippen LogP contribution in [0.3, 0.4) is 0 Å². The van der Waals surface area contributed by atoms with Crippen molar-refractivity contribution in [3.8, 4) is 11.5 Å². The number of nitrogens with one attached hydrogen (secondary N) is 1. The molecule has 5 heteroatoms. The van der Waals surface area contributed by atoms with Gasteiger partial charge in [-0.3, -0.25) is 4.79 Å². The van der Waals surface area contributed by atoms with E-state index in [2.05, 4.69) is 41.4 Å². The number of ether oxygens (including phenoxy) is 2. The Labute approximate surface area is 174 Å². The summed E-state index contributed by atoms with van der Waals surface area (Å²) in [4.78, 5) is 15.0. The van der Waals surface area contributed by atoms with Gasteiger partial charge in [0.1, 0.15) is 11.5 Å². The first-order valence-electron chi connectivity index (χ1n) is 10.4. The molecular weight excluding hydrogens is 364 g/mol. The highest BCUT2D eigenvalue weighted by Crippen LogP contribution is 2.25. The fraction of sp³-hybridized carbons (Fsp3) is 0.458. The van der Waals surface area contributed by atoms with Gasteiger partial charge in [-0.25, -0.2) is 0 Å². The van der Waals surface area contributed by atoms with Gasteiger partial charge in [-0.2, -0.15) is 0 Å². The number of hydrogen-bond donors (Lipinski definition) is 1. The van der Waals surface area contributed by atoms with Crippen LogP contribution in [0.5, 0.6) is 11.5 Å². The molecule has 0 saturated carbocycles. The van der Waals surface area contributed by atoms with Crippen molar-refractivity contribution in [2.75, 3.05) is 25.1 Å². The number of hydrogen-bond acceptors (Lipinski definition) is 4. The monoisotopic (exact) mass is 396 g/mol. The zero-order valence-corrected chi connectivity index (χ0v) is 17.9. The highest BCUT2D eigenvalue weighted by atomic mass is 16.5. The molecule has 2 aromatic rings. The summed E-state index contributed by atoms with van der Waals surface area (Å²) < 4.78 is 11.0. The molecule has 2 unspecified atom stereocenters.